The first kappa shape index (κ1) is 16.5. The highest BCUT2D eigenvalue weighted by Gasteiger charge is 2.29. The van der Waals surface area contributed by atoms with Crippen LogP contribution in [0.25, 0.3) is 11.2 Å². The summed E-state index contributed by atoms with van der Waals surface area (Å²) >= 11 is 5.97. The fourth-order valence-electron chi connectivity index (χ4n) is 3.04. The highest BCUT2D eigenvalue weighted by Crippen LogP contribution is 2.32. The molecule has 0 spiro atoms. The van der Waals surface area contributed by atoms with Crippen LogP contribution in [0.2, 0.25) is 5.02 Å². The monoisotopic (exact) mass is 375 g/mol. The summed E-state index contributed by atoms with van der Waals surface area (Å²) in [6.45, 7) is 0. The van der Waals surface area contributed by atoms with Gasteiger partial charge in [-0.1, -0.05) is 17.7 Å². The minimum absolute atomic E-state index is 0.103. The lowest BCUT2D eigenvalue weighted by Crippen LogP contribution is -2.20. The van der Waals surface area contributed by atoms with E-state index in [1.807, 2.05) is 0 Å². The van der Waals surface area contributed by atoms with Crippen LogP contribution in [-0.4, -0.2) is 20.4 Å². The van der Waals surface area contributed by atoms with Gasteiger partial charge in [0.05, 0.1) is 5.69 Å². The third kappa shape index (κ3) is 2.61. The Kier molecular flexibility index (Phi) is 3.88. The largest absolute Gasteiger partial charge is 0.511 e. The molecule has 0 aliphatic heterocycles. The van der Waals surface area contributed by atoms with Gasteiger partial charge in [-0.25, -0.2) is 13.8 Å². The number of carbonyl (C=O) groups excluding carboxylic acids is 1. The number of amides is 1. The number of fused-ring (bicyclic) bond motifs is 3. The van der Waals surface area contributed by atoms with Gasteiger partial charge in [0.1, 0.15) is 40.0 Å². The molecule has 0 saturated carbocycles. The Balaban J connectivity index is 1.79. The Morgan fingerprint density at radius 2 is 1.96 bits per heavy atom. The minimum atomic E-state index is -0.906. The molecule has 2 N–H and O–H groups in total. The molecule has 1 aromatic carbocycles. The van der Waals surface area contributed by atoms with Crippen molar-refractivity contribution in [3.63, 3.8) is 0 Å². The van der Waals surface area contributed by atoms with E-state index in [1.54, 1.807) is 22.7 Å². The number of aliphatic hydroxyl groups is 1. The summed E-state index contributed by atoms with van der Waals surface area (Å²) in [6, 6.07) is 6.58. The Bertz CT molecular complexity index is 1070. The van der Waals surface area contributed by atoms with E-state index in [-0.39, 0.29) is 23.4 Å². The number of benzene rings is 1. The van der Waals surface area contributed by atoms with Crippen molar-refractivity contribution in [2.24, 2.45) is 0 Å². The number of nitrogens with one attached hydrogen (secondary N) is 1. The SMILES string of the molecule is O=C(Nc1c(F)cccc1F)C1=C(O)CCc2c1nc1cc(Cl)ccn21. The van der Waals surface area contributed by atoms with Crippen molar-refractivity contribution in [3.05, 3.63) is 70.3 Å². The maximum absolute atomic E-state index is 13.8. The van der Waals surface area contributed by atoms with Gasteiger partial charge in [0.2, 0.25) is 0 Å². The molecule has 0 bridgehead atoms. The number of aliphatic hydroxyl groups excluding tert-OH is 1. The topological polar surface area (TPSA) is 66.6 Å². The van der Waals surface area contributed by atoms with E-state index in [2.05, 4.69) is 10.3 Å². The quantitative estimate of drug-likeness (QED) is 0.708. The van der Waals surface area contributed by atoms with Gasteiger partial charge in [-0.2, -0.15) is 0 Å². The van der Waals surface area contributed by atoms with Crippen molar-refractivity contribution in [1.82, 2.24) is 9.38 Å². The number of aromatic nitrogens is 2. The second kappa shape index (κ2) is 6.10. The number of nitrogens with zero attached hydrogens (tertiary/aromatic N) is 2. The third-order valence-corrected chi connectivity index (χ3v) is 4.47. The van der Waals surface area contributed by atoms with Crippen molar-refractivity contribution >= 4 is 34.4 Å². The minimum Gasteiger partial charge on any atom is -0.511 e. The molecule has 8 heteroatoms. The molecular formula is C18H12ClF2N3O2. The first-order valence-corrected chi connectivity index (χ1v) is 8.18. The number of anilines is 1. The number of imidazole rings is 1. The van der Waals surface area contributed by atoms with Crippen LogP contribution in [0.5, 0.6) is 0 Å². The lowest BCUT2D eigenvalue weighted by Gasteiger charge is -2.16. The molecule has 3 aromatic rings. The maximum Gasteiger partial charge on any atom is 0.261 e. The molecule has 2 aromatic heterocycles. The van der Waals surface area contributed by atoms with Gasteiger partial charge in [0.25, 0.3) is 5.91 Å². The van der Waals surface area contributed by atoms with Crippen molar-refractivity contribution in [2.75, 3.05) is 5.32 Å². The molecule has 0 radical (unpaired) electrons. The van der Waals surface area contributed by atoms with E-state index in [9.17, 15) is 18.7 Å². The summed E-state index contributed by atoms with van der Waals surface area (Å²) < 4.78 is 29.4. The highest BCUT2D eigenvalue weighted by atomic mass is 35.5. The van der Waals surface area contributed by atoms with E-state index in [1.165, 1.54) is 6.07 Å². The Labute approximate surface area is 151 Å². The van der Waals surface area contributed by atoms with Crippen LogP contribution in [0.4, 0.5) is 14.5 Å². The zero-order valence-electron chi connectivity index (χ0n) is 13.3. The lowest BCUT2D eigenvalue weighted by atomic mass is 9.97. The Hall–Kier alpha value is -2.93. The van der Waals surface area contributed by atoms with Gasteiger partial charge in [0, 0.05) is 23.7 Å². The van der Waals surface area contributed by atoms with Crippen LogP contribution < -0.4 is 5.32 Å². The molecule has 0 saturated heterocycles. The Morgan fingerprint density at radius 1 is 1.23 bits per heavy atom. The number of halogens is 3. The Morgan fingerprint density at radius 3 is 2.69 bits per heavy atom. The van der Waals surface area contributed by atoms with E-state index < -0.39 is 23.2 Å². The van der Waals surface area contributed by atoms with Gasteiger partial charge >= 0.3 is 0 Å². The molecule has 0 unspecified atom stereocenters. The van der Waals surface area contributed by atoms with Crippen molar-refractivity contribution in [2.45, 2.75) is 12.8 Å². The number of rotatable bonds is 2. The van der Waals surface area contributed by atoms with Gasteiger partial charge in [0.15, 0.2) is 0 Å². The number of pyridine rings is 1. The average molecular weight is 376 g/mol. The van der Waals surface area contributed by atoms with Crippen LogP contribution in [0.3, 0.4) is 0 Å². The van der Waals surface area contributed by atoms with Crippen LogP contribution in [0.1, 0.15) is 17.8 Å². The fraction of sp³-hybridized carbons (Fsp3) is 0.111. The second-order valence-electron chi connectivity index (χ2n) is 5.85. The van der Waals surface area contributed by atoms with Crippen LogP contribution >= 0.6 is 11.6 Å². The molecule has 132 valence electrons. The second-order valence-corrected chi connectivity index (χ2v) is 6.29. The maximum atomic E-state index is 13.8. The predicted octanol–water partition coefficient (Wildman–Crippen LogP) is 4.12. The van der Waals surface area contributed by atoms with E-state index in [0.717, 1.165) is 12.1 Å². The first-order valence-electron chi connectivity index (χ1n) is 7.80. The van der Waals surface area contributed by atoms with Crippen molar-refractivity contribution in [3.8, 4) is 0 Å². The average Bonchev–Trinajstić information content (AvgIpc) is 2.95. The molecule has 1 aliphatic rings. The smallest absolute Gasteiger partial charge is 0.261 e. The molecule has 26 heavy (non-hydrogen) atoms. The van der Waals surface area contributed by atoms with Gasteiger partial charge in [-0.3, -0.25) is 4.79 Å². The normalized spacial score (nSPS) is 13.8. The molecule has 1 aliphatic carbocycles. The summed E-state index contributed by atoms with van der Waals surface area (Å²) in [4.78, 5) is 17.0. The highest BCUT2D eigenvalue weighted by molar-refractivity contribution is 6.31. The zero-order valence-corrected chi connectivity index (χ0v) is 14.0. The number of carbonyl (C=O) groups is 1. The van der Waals surface area contributed by atoms with Crippen molar-refractivity contribution in [1.29, 1.82) is 0 Å². The molecule has 4 rings (SSSR count). The zero-order chi connectivity index (χ0) is 18.4. The standard InChI is InChI=1S/C18H12ClF2N3O2/c19-9-6-7-24-12-4-5-13(25)15(17(12)22-14(24)8-9)18(26)23-16-10(20)2-1-3-11(16)21/h1-3,6-8,25H,4-5H2,(H,23,26). The van der Waals surface area contributed by atoms with Crippen LogP contribution in [0, 0.1) is 11.6 Å². The molecule has 0 atom stereocenters. The number of hydrogen-bond donors (Lipinski definition) is 2. The predicted molar refractivity (Wildman–Crippen MR) is 93.1 cm³/mol. The number of hydrogen-bond acceptors (Lipinski definition) is 3. The van der Waals surface area contributed by atoms with Gasteiger partial charge < -0.3 is 14.8 Å². The summed E-state index contributed by atoms with van der Waals surface area (Å²) in [5.74, 6) is -2.82. The summed E-state index contributed by atoms with van der Waals surface area (Å²) in [7, 11) is 0. The number of para-hydroxylation sites is 1. The lowest BCUT2D eigenvalue weighted by molar-refractivity contribution is -0.111. The van der Waals surface area contributed by atoms with Gasteiger partial charge in [-0.15, -0.1) is 0 Å². The molecule has 1 amide bonds. The van der Waals surface area contributed by atoms with Crippen molar-refractivity contribution < 1.29 is 18.7 Å². The molecule has 5 nitrogen and oxygen atoms in total. The van der Waals surface area contributed by atoms with E-state index in [4.69, 9.17) is 11.6 Å². The van der Waals surface area contributed by atoms with E-state index in [0.29, 0.717) is 22.8 Å². The summed E-state index contributed by atoms with van der Waals surface area (Å²) in [6.07, 6.45) is 2.40. The van der Waals surface area contributed by atoms with Crippen LogP contribution in [0.15, 0.2) is 42.3 Å². The third-order valence-electron chi connectivity index (χ3n) is 4.24. The number of aryl methyl sites for hydroxylation is 1. The van der Waals surface area contributed by atoms with E-state index >= 15 is 0 Å². The molecule has 0 fully saturated rings. The molecule has 2 heterocycles. The number of allylic oxidation sites excluding steroid dienone is 1. The van der Waals surface area contributed by atoms with Gasteiger partial charge in [-0.05, 0) is 24.6 Å². The van der Waals surface area contributed by atoms with Crippen LogP contribution in [-0.2, 0) is 11.2 Å². The first-order chi connectivity index (χ1) is 12.5. The summed E-state index contributed by atoms with van der Waals surface area (Å²) in [5.41, 5.74) is 0.823. The fourth-order valence-corrected chi connectivity index (χ4v) is 3.19. The summed E-state index contributed by atoms with van der Waals surface area (Å²) in [5, 5.41) is 12.9. The molecular weight excluding hydrogens is 364 g/mol.